The molecule has 0 fully saturated rings. The fourth-order valence-electron chi connectivity index (χ4n) is 1.19. The van der Waals surface area contributed by atoms with E-state index >= 15 is 0 Å². The lowest BCUT2D eigenvalue weighted by Gasteiger charge is -2.10. The van der Waals surface area contributed by atoms with Crippen LogP contribution in [0.5, 0.6) is 0 Å². The van der Waals surface area contributed by atoms with E-state index in [1.807, 2.05) is 32.2 Å². The van der Waals surface area contributed by atoms with Crippen molar-refractivity contribution in [2.24, 2.45) is 0 Å². The third-order valence-corrected chi connectivity index (χ3v) is 2.39. The molecule has 1 rings (SSSR count). The van der Waals surface area contributed by atoms with Gasteiger partial charge in [0.25, 0.3) is 0 Å². The van der Waals surface area contributed by atoms with Gasteiger partial charge in [-0.25, -0.2) is 0 Å². The maximum absolute atomic E-state index is 5.90. The standard InChI is InChI=1S/C11H12ClN/c1-4-11(13-3)9-5-6-10(12)8(2)7-9/h1,5-7,11,13H,2-3H3. The van der Waals surface area contributed by atoms with Crippen molar-refractivity contribution in [2.45, 2.75) is 13.0 Å². The van der Waals surface area contributed by atoms with Gasteiger partial charge in [-0.05, 0) is 31.2 Å². The van der Waals surface area contributed by atoms with Crippen molar-refractivity contribution in [1.29, 1.82) is 0 Å². The molecule has 13 heavy (non-hydrogen) atoms. The number of rotatable bonds is 2. The number of nitrogens with one attached hydrogen (secondary N) is 1. The maximum Gasteiger partial charge on any atom is 0.0940 e. The van der Waals surface area contributed by atoms with Crippen molar-refractivity contribution in [1.82, 2.24) is 5.32 Å². The third-order valence-electron chi connectivity index (χ3n) is 1.97. The van der Waals surface area contributed by atoms with Gasteiger partial charge >= 0.3 is 0 Å². The number of aryl methyl sites for hydroxylation is 1. The molecule has 68 valence electrons. The van der Waals surface area contributed by atoms with Crippen LogP contribution < -0.4 is 5.32 Å². The van der Waals surface area contributed by atoms with Gasteiger partial charge in [-0.2, -0.15) is 0 Å². The minimum atomic E-state index is -0.0315. The highest BCUT2D eigenvalue weighted by atomic mass is 35.5. The lowest BCUT2D eigenvalue weighted by molar-refractivity contribution is 0.736. The molecule has 0 aromatic heterocycles. The molecule has 0 bridgehead atoms. The van der Waals surface area contributed by atoms with Crippen LogP contribution in [0.15, 0.2) is 18.2 Å². The summed E-state index contributed by atoms with van der Waals surface area (Å²) in [6.45, 7) is 1.97. The van der Waals surface area contributed by atoms with Crippen LogP contribution in [-0.4, -0.2) is 7.05 Å². The number of hydrogen-bond donors (Lipinski definition) is 1. The van der Waals surface area contributed by atoms with Crippen LogP contribution in [0, 0.1) is 19.3 Å². The molecule has 0 aliphatic carbocycles. The fraction of sp³-hybridized carbons (Fsp3) is 0.273. The largest absolute Gasteiger partial charge is 0.303 e. The second-order valence-corrected chi connectivity index (χ2v) is 3.30. The Kier molecular flexibility index (Phi) is 3.36. The van der Waals surface area contributed by atoms with E-state index in [0.29, 0.717) is 0 Å². The first-order chi connectivity index (χ1) is 6.19. The molecule has 0 radical (unpaired) electrons. The Bertz CT molecular complexity index is 338. The SMILES string of the molecule is C#CC(NC)c1ccc(Cl)c(C)c1. The molecule has 0 heterocycles. The van der Waals surface area contributed by atoms with Crippen molar-refractivity contribution in [2.75, 3.05) is 7.05 Å². The van der Waals surface area contributed by atoms with Crippen LogP contribution in [0.2, 0.25) is 5.02 Å². The zero-order valence-corrected chi connectivity index (χ0v) is 8.52. The fourth-order valence-corrected chi connectivity index (χ4v) is 1.31. The van der Waals surface area contributed by atoms with Crippen molar-refractivity contribution in [3.05, 3.63) is 34.3 Å². The molecule has 1 atom stereocenters. The van der Waals surface area contributed by atoms with Crippen LogP contribution in [0.25, 0.3) is 0 Å². The summed E-state index contributed by atoms with van der Waals surface area (Å²) in [5.41, 5.74) is 2.13. The van der Waals surface area contributed by atoms with Crippen LogP contribution >= 0.6 is 11.6 Å². The van der Waals surface area contributed by atoms with E-state index in [0.717, 1.165) is 16.1 Å². The minimum absolute atomic E-state index is 0.0315. The van der Waals surface area contributed by atoms with Crippen LogP contribution in [-0.2, 0) is 0 Å². The summed E-state index contributed by atoms with van der Waals surface area (Å²) < 4.78 is 0. The second-order valence-electron chi connectivity index (χ2n) is 2.90. The first-order valence-electron chi connectivity index (χ1n) is 4.08. The molecule has 1 aromatic rings. The lowest BCUT2D eigenvalue weighted by Crippen LogP contribution is -2.14. The quantitative estimate of drug-likeness (QED) is 0.712. The Hall–Kier alpha value is -0.970. The van der Waals surface area contributed by atoms with Gasteiger partial charge in [-0.15, -0.1) is 6.42 Å². The van der Waals surface area contributed by atoms with Gasteiger partial charge in [0, 0.05) is 5.02 Å². The summed E-state index contributed by atoms with van der Waals surface area (Å²) in [6, 6.07) is 5.78. The first-order valence-corrected chi connectivity index (χ1v) is 4.46. The highest BCUT2D eigenvalue weighted by molar-refractivity contribution is 6.31. The van der Waals surface area contributed by atoms with Crippen molar-refractivity contribution < 1.29 is 0 Å². The van der Waals surface area contributed by atoms with Crippen LogP contribution in [0.3, 0.4) is 0 Å². The highest BCUT2D eigenvalue weighted by Crippen LogP contribution is 2.20. The number of hydrogen-bond acceptors (Lipinski definition) is 1. The zero-order valence-electron chi connectivity index (χ0n) is 7.76. The van der Waals surface area contributed by atoms with Gasteiger partial charge in [-0.3, -0.25) is 0 Å². The summed E-state index contributed by atoms with van der Waals surface area (Å²) in [4.78, 5) is 0. The molecule has 1 N–H and O–H groups in total. The predicted molar refractivity (Wildman–Crippen MR) is 56.8 cm³/mol. The highest BCUT2D eigenvalue weighted by Gasteiger charge is 2.05. The molecular weight excluding hydrogens is 182 g/mol. The molecule has 2 heteroatoms. The first kappa shape index (κ1) is 10.1. The van der Waals surface area contributed by atoms with Gasteiger partial charge in [0.15, 0.2) is 0 Å². The van der Waals surface area contributed by atoms with Gasteiger partial charge in [0.05, 0.1) is 6.04 Å². The zero-order chi connectivity index (χ0) is 9.84. The van der Waals surface area contributed by atoms with Gasteiger partial charge in [0.1, 0.15) is 0 Å². The van der Waals surface area contributed by atoms with E-state index in [1.54, 1.807) is 0 Å². The van der Waals surface area contributed by atoms with E-state index < -0.39 is 0 Å². The van der Waals surface area contributed by atoms with E-state index in [-0.39, 0.29) is 6.04 Å². The second kappa shape index (κ2) is 4.32. The van der Waals surface area contributed by atoms with Crippen molar-refractivity contribution >= 4 is 11.6 Å². The summed E-state index contributed by atoms with van der Waals surface area (Å²) in [5, 5.41) is 3.81. The molecule has 0 spiro atoms. The summed E-state index contributed by atoms with van der Waals surface area (Å²) in [7, 11) is 1.84. The van der Waals surface area contributed by atoms with E-state index in [9.17, 15) is 0 Å². The molecule has 0 aliphatic rings. The van der Waals surface area contributed by atoms with E-state index in [4.69, 9.17) is 18.0 Å². The molecule has 0 saturated heterocycles. The number of benzene rings is 1. The summed E-state index contributed by atoms with van der Waals surface area (Å²) in [5.74, 6) is 2.66. The van der Waals surface area contributed by atoms with E-state index in [1.165, 1.54) is 0 Å². The van der Waals surface area contributed by atoms with Gasteiger partial charge in [-0.1, -0.05) is 29.7 Å². The molecule has 0 aliphatic heterocycles. The molecular formula is C11H12ClN. The van der Waals surface area contributed by atoms with Gasteiger partial charge < -0.3 is 5.32 Å². The summed E-state index contributed by atoms with van der Waals surface area (Å²) in [6.07, 6.45) is 5.36. The smallest absolute Gasteiger partial charge is 0.0940 e. The minimum Gasteiger partial charge on any atom is -0.303 e. The average molecular weight is 194 g/mol. The van der Waals surface area contributed by atoms with Gasteiger partial charge in [0.2, 0.25) is 0 Å². The molecule has 0 saturated carbocycles. The summed E-state index contributed by atoms with van der Waals surface area (Å²) >= 11 is 5.90. The predicted octanol–water partition coefficient (Wildman–Crippen LogP) is 2.54. The third kappa shape index (κ3) is 2.24. The van der Waals surface area contributed by atoms with Crippen LogP contribution in [0.1, 0.15) is 17.2 Å². The van der Waals surface area contributed by atoms with E-state index in [2.05, 4.69) is 11.2 Å². The Morgan fingerprint density at radius 1 is 1.54 bits per heavy atom. The molecule has 1 nitrogen and oxygen atoms in total. The Balaban J connectivity index is 3.04. The Labute approximate surface area is 84.1 Å². The monoisotopic (exact) mass is 193 g/mol. The van der Waals surface area contributed by atoms with Crippen LogP contribution in [0.4, 0.5) is 0 Å². The topological polar surface area (TPSA) is 12.0 Å². The Morgan fingerprint density at radius 2 is 2.23 bits per heavy atom. The maximum atomic E-state index is 5.90. The number of halogens is 1. The average Bonchev–Trinajstić information content (AvgIpc) is 2.13. The van der Waals surface area contributed by atoms with Crippen molar-refractivity contribution in [3.8, 4) is 12.3 Å². The normalized spacial score (nSPS) is 12.2. The number of terminal acetylenes is 1. The molecule has 1 aromatic carbocycles. The van der Waals surface area contributed by atoms with Crippen molar-refractivity contribution in [3.63, 3.8) is 0 Å². The lowest BCUT2D eigenvalue weighted by atomic mass is 10.1. The molecule has 1 unspecified atom stereocenters. The molecule has 0 amide bonds. The Morgan fingerprint density at radius 3 is 2.69 bits per heavy atom.